The average Bonchev–Trinajstić information content (AvgIpc) is 2.79. The van der Waals surface area contributed by atoms with Gasteiger partial charge >= 0.3 is 0 Å². The van der Waals surface area contributed by atoms with Crippen LogP contribution in [0.5, 0.6) is 5.75 Å². The number of ether oxygens (including phenoxy) is 1. The van der Waals surface area contributed by atoms with E-state index in [1.54, 1.807) is 37.3 Å². The van der Waals surface area contributed by atoms with Crippen molar-refractivity contribution in [2.45, 2.75) is 20.8 Å². The summed E-state index contributed by atoms with van der Waals surface area (Å²) in [5, 5.41) is 22.3. The van der Waals surface area contributed by atoms with E-state index >= 15 is 0 Å². The number of nitro groups is 1. The maximum Gasteiger partial charge on any atom is 0.295 e. The number of nitrogens with zero attached hydrogens (tertiary/aromatic N) is 4. The number of anilines is 2. The van der Waals surface area contributed by atoms with Gasteiger partial charge in [-0.15, -0.1) is 17.0 Å². The zero-order valence-electron chi connectivity index (χ0n) is 21.7. The van der Waals surface area contributed by atoms with Gasteiger partial charge in [0.25, 0.3) is 17.5 Å². The van der Waals surface area contributed by atoms with Crippen LogP contribution in [0.25, 0.3) is 0 Å². The summed E-state index contributed by atoms with van der Waals surface area (Å²) in [6.07, 6.45) is 0. The number of quaternary nitrogens is 1. The molecule has 200 valence electrons. The van der Waals surface area contributed by atoms with Gasteiger partial charge in [-0.1, -0.05) is 18.2 Å². The van der Waals surface area contributed by atoms with Crippen molar-refractivity contribution in [1.29, 1.82) is 0 Å². The molecule has 0 bridgehead atoms. The number of halogens is 1. The van der Waals surface area contributed by atoms with Crippen LogP contribution in [0.2, 0.25) is 0 Å². The maximum atomic E-state index is 13.2. The van der Waals surface area contributed by atoms with Crippen molar-refractivity contribution >= 4 is 57.3 Å². The lowest BCUT2D eigenvalue weighted by Crippen LogP contribution is -2.43. The fourth-order valence-corrected chi connectivity index (χ4v) is 3.00. The van der Waals surface area contributed by atoms with E-state index < -0.39 is 10.8 Å². The van der Waals surface area contributed by atoms with E-state index in [4.69, 9.17) is 4.74 Å². The first-order chi connectivity index (χ1) is 16.9. The Kier molecular flexibility index (Phi) is 11.8. The third-order valence-corrected chi connectivity index (χ3v) is 4.60. The Hall–Kier alpha value is -3.84. The largest absolute Gasteiger partial charge is 0.492 e. The van der Waals surface area contributed by atoms with Crippen LogP contribution in [0.4, 0.5) is 17.1 Å². The first-order valence-electron chi connectivity index (χ1n) is 11.2. The van der Waals surface area contributed by atoms with Crippen LogP contribution in [0.15, 0.2) is 52.7 Å². The first kappa shape index (κ1) is 31.2. The van der Waals surface area contributed by atoms with Crippen LogP contribution >= 0.6 is 17.0 Å². The van der Waals surface area contributed by atoms with Gasteiger partial charge in [0.05, 0.1) is 44.1 Å². The molecule has 3 N–H and O–H groups in total. The van der Waals surface area contributed by atoms with Gasteiger partial charge in [0, 0.05) is 6.07 Å². The van der Waals surface area contributed by atoms with Crippen LogP contribution in [0.3, 0.4) is 0 Å². The molecule has 12 nitrogen and oxygen atoms in total. The molecule has 13 heteroatoms. The van der Waals surface area contributed by atoms with Gasteiger partial charge in [-0.25, -0.2) is 5.43 Å². The summed E-state index contributed by atoms with van der Waals surface area (Å²) in [7, 11) is 5.56. The van der Waals surface area contributed by atoms with Gasteiger partial charge in [0.15, 0.2) is 12.3 Å². The number of carbonyl (C=O) groups excluding carboxylic acids is 2. The van der Waals surface area contributed by atoms with Crippen molar-refractivity contribution in [3.8, 4) is 5.75 Å². The summed E-state index contributed by atoms with van der Waals surface area (Å²) >= 11 is 0. The number of para-hydroxylation sites is 2. The van der Waals surface area contributed by atoms with Crippen molar-refractivity contribution in [2.24, 2.45) is 10.2 Å². The van der Waals surface area contributed by atoms with Crippen LogP contribution in [-0.4, -0.2) is 66.9 Å². The van der Waals surface area contributed by atoms with E-state index in [9.17, 15) is 19.7 Å². The van der Waals surface area contributed by atoms with E-state index in [1.165, 1.54) is 19.1 Å². The number of amides is 2. The molecule has 37 heavy (non-hydrogen) atoms. The standard InChI is InChI=1S/C24H31N7O5.BrH/c1-7-36-21-11-9-8-10-19(21)25-24(33)23(17(3)26-28-22(32)15-31(4,5)6)29-27-18-13-12-16(2)14-20(18)30(34)35;/h8-14H,7,15H2,1-6H3,(H2-,25,26,27,28,29,32,33);1H/p+1. The summed E-state index contributed by atoms with van der Waals surface area (Å²) in [6.45, 7) is 5.59. The number of hydrogen-bond donors (Lipinski definition) is 3. The molecule has 2 rings (SSSR count). The molecule has 0 saturated carbocycles. The number of hydrazone groups is 2. The molecular formula is C24H33BrN7O5+. The molecule has 2 aromatic rings. The van der Waals surface area contributed by atoms with Gasteiger partial charge in [0.1, 0.15) is 11.4 Å². The Morgan fingerprint density at radius 2 is 1.76 bits per heavy atom. The Balaban J connectivity index is 0.00000684. The smallest absolute Gasteiger partial charge is 0.295 e. The van der Waals surface area contributed by atoms with Crippen molar-refractivity contribution < 1.29 is 23.7 Å². The number of rotatable bonds is 11. The number of carbonyl (C=O) groups is 2. The van der Waals surface area contributed by atoms with Gasteiger partial charge in [-0.05, 0) is 44.5 Å². The molecule has 0 heterocycles. The summed E-state index contributed by atoms with van der Waals surface area (Å²) < 4.78 is 5.94. The minimum Gasteiger partial charge on any atom is -0.492 e. The summed E-state index contributed by atoms with van der Waals surface area (Å²) in [5.41, 5.74) is 5.88. The summed E-state index contributed by atoms with van der Waals surface area (Å²) in [5.74, 6) is -0.558. The van der Waals surface area contributed by atoms with Crippen molar-refractivity contribution in [3.05, 3.63) is 58.1 Å². The van der Waals surface area contributed by atoms with Crippen molar-refractivity contribution in [2.75, 3.05) is 45.0 Å². The van der Waals surface area contributed by atoms with Crippen molar-refractivity contribution in [1.82, 2.24) is 5.43 Å². The molecule has 0 atom stereocenters. The number of hydrogen-bond acceptors (Lipinski definition) is 8. The van der Waals surface area contributed by atoms with Gasteiger partial charge in [0.2, 0.25) is 0 Å². The lowest BCUT2D eigenvalue weighted by atomic mass is 10.2. The first-order valence-corrected chi connectivity index (χ1v) is 11.2. The van der Waals surface area contributed by atoms with Crippen LogP contribution in [-0.2, 0) is 9.59 Å². The summed E-state index contributed by atoms with van der Waals surface area (Å²) in [4.78, 5) is 36.3. The lowest BCUT2D eigenvalue weighted by molar-refractivity contribution is -0.862. The SMILES string of the molecule is Br.CCOc1ccccc1NC(=O)C(=N\Nc1ccc(C)cc1[N+](=O)[O-])/C(C)=N/NC(=O)C[N+](C)(C)C. The van der Waals surface area contributed by atoms with E-state index in [0.29, 0.717) is 28.1 Å². The number of nitrogens with one attached hydrogen (secondary N) is 3. The highest BCUT2D eigenvalue weighted by atomic mass is 79.9. The van der Waals surface area contributed by atoms with Gasteiger partial charge in [-0.2, -0.15) is 10.2 Å². The fourth-order valence-electron chi connectivity index (χ4n) is 3.00. The molecule has 2 aromatic carbocycles. The summed E-state index contributed by atoms with van der Waals surface area (Å²) in [6, 6.07) is 11.4. The Labute approximate surface area is 226 Å². The molecule has 0 aliphatic heterocycles. The molecule has 0 radical (unpaired) electrons. The zero-order chi connectivity index (χ0) is 26.9. The predicted octanol–water partition coefficient (Wildman–Crippen LogP) is 3.48. The zero-order valence-corrected chi connectivity index (χ0v) is 23.4. The van der Waals surface area contributed by atoms with Crippen LogP contribution < -0.4 is 20.9 Å². The highest BCUT2D eigenvalue weighted by Gasteiger charge is 2.20. The fraction of sp³-hybridized carbons (Fsp3) is 0.333. The Morgan fingerprint density at radius 1 is 1.08 bits per heavy atom. The topological polar surface area (TPSA) is 147 Å². The second kappa shape index (κ2) is 14.0. The number of likely N-dealkylation sites (N-methyl/N-ethyl adjacent to an activating group) is 1. The highest BCUT2D eigenvalue weighted by molar-refractivity contribution is 8.93. The molecule has 2 amide bonds. The van der Waals surface area contributed by atoms with Crippen molar-refractivity contribution in [3.63, 3.8) is 0 Å². The van der Waals surface area contributed by atoms with Crippen LogP contribution in [0, 0.1) is 17.0 Å². The molecule has 0 saturated heterocycles. The second-order valence-corrected chi connectivity index (χ2v) is 8.91. The van der Waals surface area contributed by atoms with E-state index in [1.807, 2.05) is 28.1 Å². The van der Waals surface area contributed by atoms with Crippen LogP contribution in [0.1, 0.15) is 19.4 Å². The second-order valence-electron chi connectivity index (χ2n) is 8.91. The number of benzene rings is 2. The number of aryl methyl sites for hydroxylation is 1. The molecular weight excluding hydrogens is 546 g/mol. The molecule has 0 aliphatic rings. The molecule has 0 aromatic heterocycles. The average molecular weight is 579 g/mol. The molecule has 0 spiro atoms. The number of nitro benzene ring substituents is 1. The monoisotopic (exact) mass is 578 g/mol. The molecule has 0 unspecified atom stereocenters. The normalized spacial score (nSPS) is 11.7. The molecule has 0 fully saturated rings. The molecule has 0 aliphatic carbocycles. The predicted molar refractivity (Wildman–Crippen MR) is 150 cm³/mol. The van der Waals surface area contributed by atoms with Gasteiger partial charge < -0.3 is 14.5 Å². The lowest BCUT2D eigenvalue weighted by Gasteiger charge is -2.22. The minimum absolute atomic E-state index is 0. The van der Waals surface area contributed by atoms with E-state index in [0.717, 1.165) is 0 Å². The van der Waals surface area contributed by atoms with E-state index in [-0.39, 0.29) is 52.2 Å². The quantitative estimate of drug-likeness (QED) is 0.161. The highest BCUT2D eigenvalue weighted by Crippen LogP contribution is 2.26. The third-order valence-electron chi connectivity index (χ3n) is 4.60. The third kappa shape index (κ3) is 9.97. The van der Waals surface area contributed by atoms with E-state index in [2.05, 4.69) is 26.4 Å². The minimum atomic E-state index is -0.661. The van der Waals surface area contributed by atoms with Gasteiger partial charge in [-0.3, -0.25) is 25.1 Å². The Morgan fingerprint density at radius 3 is 2.38 bits per heavy atom. The maximum absolute atomic E-state index is 13.2. The Bertz CT molecular complexity index is 1190.